The molecule has 2 N–H and O–H groups in total. The summed E-state index contributed by atoms with van der Waals surface area (Å²) in [6.45, 7) is 5.74. The van der Waals surface area contributed by atoms with E-state index < -0.39 is 0 Å². The first kappa shape index (κ1) is 18.9. The van der Waals surface area contributed by atoms with Gasteiger partial charge < -0.3 is 4.90 Å². The van der Waals surface area contributed by atoms with Crippen molar-refractivity contribution in [3.05, 3.63) is 35.9 Å². The van der Waals surface area contributed by atoms with E-state index in [0.29, 0.717) is 6.42 Å². The smallest absolute Gasteiger partial charge is 0.241 e. The summed E-state index contributed by atoms with van der Waals surface area (Å²) in [7, 11) is 0. The van der Waals surface area contributed by atoms with Gasteiger partial charge in [0, 0.05) is 51.6 Å². The summed E-state index contributed by atoms with van der Waals surface area (Å²) in [5.41, 5.74) is 6.49. The van der Waals surface area contributed by atoms with E-state index in [2.05, 4.69) is 44.9 Å². The zero-order valence-electron chi connectivity index (χ0n) is 15.5. The minimum Gasteiger partial charge on any atom is -0.300 e. The Labute approximate surface area is 155 Å². The molecule has 0 spiro atoms. The summed E-state index contributed by atoms with van der Waals surface area (Å²) in [6.07, 6.45) is 4.53. The molecule has 0 aromatic heterocycles. The van der Waals surface area contributed by atoms with Crippen molar-refractivity contribution in [1.82, 2.24) is 20.7 Å². The van der Waals surface area contributed by atoms with Gasteiger partial charge in [-0.2, -0.15) is 0 Å². The predicted molar refractivity (Wildman–Crippen MR) is 101 cm³/mol. The monoisotopic (exact) mass is 358 g/mol. The number of benzene rings is 1. The SMILES string of the molecule is O=C(CCN1CCN(Cc2ccccc2)CC1)NNC(=O)C1CCCC1. The molecule has 3 rings (SSSR count). The van der Waals surface area contributed by atoms with Crippen LogP contribution in [0.15, 0.2) is 30.3 Å². The van der Waals surface area contributed by atoms with Crippen molar-refractivity contribution in [3.63, 3.8) is 0 Å². The highest BCUT2D eigenvalue weighted by Crippen LogP contribution is 2.24. The van der Waals surface area contributed by atoms with E-state index in [1.807, 2.05) is 6.07 Å². The van der Waals surface area contributed by atoms with Crippen LogP contribution in [0.5, 0.6) is 0 Å². The molecule has 0 atom stereocenters. The third-order valence-corrected chi connectivity index (χ3v) is 5.42. The molecule has 2 amide bonds. The molecule has 1 aliphatic carbocycles. The van der Waals surface area contributed by atoms with Crippen LogP contribution in [0, 0.1) is 5.92 Å². The number of hydrogen-bond acceptors (Lipinski definition) is 4. The molecular weight excluding hydrogens is 328 g/mol. The van der Waals surface area contributed by atoms with Gasteiger partial charge in [0.25, 0.3) is 0 Å². The Bertz CT molecular complexity index is 579. The number of nitrogens with zero attached hydrogens (tertiary/aromatic N) is 2. The number of amides is 2. The van der Waals surface area contributed by atoms with Crippen LogP contribution in [0.4, 0.5) is 0 Å². The Morgan fingerprint density at radius 3 is 2.27 bits per heavy atom. The predicted octanol–water partition coefficient (Wildman–Crippen LogP) is 1.53. The maximum Gasteiger partial charge on any atom is 0.241 e. The Morgan fingerprint density at radius 1 is 0.923 bits per heavy atom. The van der Waals surface area contributed by atoms with Gasteiger partial charge in [0.15, 0.2) is 0 Å². The molecule has 1 saturated carbocycles. The number of carbonyl (C=O) groups excluding carboxylic acids is 2. The fourth-order valence-corrected chi connectivity index (χ4v) is 3.76. The summed E-state index contributed by atoms with van der Waals surface area (Å²) in [4.78, 5) is 28.6. The minimum atomic E-state index is -0.108. The third kappa shape index (κ3) is 5.81. The molecular formula is C20H30N4O2. The molecule has 0 radical (unpaired) electrons. The Morgan fingerprint density at radius 2 is 1.58 bits per heavy atom. The van der Waals surface area contributed by atoms with Crippen molar-refractivity contribution in [3.8, 4) is 0 Å². The number of hydrazine groups is 1. The summed E-state index contributed by atoms with van der Waals surface area (Å²) >= 11 is 0. The lowest BCUT2D eigenvalue weighted by Crippen LogP contribution is -2.48. The van der Waals surface area contributed by atoms with Crippen LogP contribution >= 0.6 is 0 Å². The van der Waals surface area contributed by atoms with Gasteiger partial charge in [0.05, 0.1) is 0 Å². The number of hydrogen-bond donors (Lipinski definition) is 2. The molecule has 6 heteroatoms. The van der Waals surface area contributed by atoms with E-state index in [1.165, 1.54) is 5.56 Å². The van der Waals surface area contributed by atoms with Crippen LogP contribution < -0.4 is 10.9 Å². The second-order valence-corrected chi connectivity index (χ2v) is 7.37. The highest BCUT2D eigenvalue weighted by atomic mass is 16.2. The normalized spacial score (nSPS) is 19.4. The first-order valence-electron chi connectivity index (χ1n) is 9.78. The van der Waals surface area contributed by atoms with Crippen LogP contribution in [-0.2, 0) is 16.1 Å². The van der Waals surface area contributed by atoms with Crippen molar-refractivity contribution in [1.29, 1.82) is 0 Å². The summed E-state index contributed by atoms with van der Waals surface area (Å²) in [5, 5.41) is 0. The van der Waals surface area contributed by atoms with E-state index in [9.17, 15) is 9.59 Å². The van der Waals surface area contributed by atoms with Crippen molar-refractivity contribution >= 4 is 11.8 Å². The molecule has 6 nitrogen and oxygen atoms in total. The average molecular weight is 358 g/mol. The topological polar surface area (TPSA) is 64.7 Å². The summed E-state index contributed by atoms with van der Waals surface area (Å²) in [6, 6.07) is 10.5. The van der Waals surface area contributed by atoms with E-state index in [0.717, 1.165) is 65.0 Å². The standard InChI is InChI=1S/C20H30N4O2/c25-19(21-22-20(26)18-8-4-5-9-18)10-11-23-12-14-24(15-13-23)16-17-6-2-1-3-7-17/h1-3,6-7,18H,4-5,8-16H2,(H,21,25)(H,22,26). The zero-order chi connectivity index (χ0) is 18.2. The minimum absolute atomic E-state index is 0.0367. The molecule has 2 fully saturated rings. The molecule has 142 valence electrons. The third-order valence-electron chi connectivity index (χ3n) is 5.42. The van der Waals surface area contributed by atoms with E-state index in [1.54, 1.807) is 0 Å². The Balaban J connectivity index is 1.28. The van der Waals surface area contributed by atoms with Crippen LogP contribution in [0.1, 0.15) is 37.7 Å². The first-order valence-corrected chi connectivity index (χ1v) is 9.78. The number of nitrogens with one attached hydrogen (secondary N) is 2. The summed E-state index contributed by atoms with van der Waals surface area (Å²) in [5.74, 6) is -0.0681. The maximum atomic E-state index is 11.9. The zero-order valence-corrected chi connectivity index (χ0v) is 15.5. The van der Waals surface area contributed by atoms with Crippen LogP contribution in [0.3, 0.4) is 0 Å². The molecule has 1 aromatic carbocycles. The Kier molecular flexibility index (Phi) is 7.03. The highest BCUT2D eigenvalue weighted by Gasteiger charge is 2.23. The molecule has 0 bridgehead atoms. The number of rotatable bonds is 6. The molecule has 1 heterocycles. The molecule has 1 saturated heterocycles. The average Bonchev–Trinajstić information content (AvgIpc) is 3.21. The highest BCUT2D eigenvalue weighted by molar-refractivity contribution is 5.83. The molecule has 26 heavy (non-hydrogen) atoms. The maximum absolute atomic E-state index is 11.9. The van der Waals surface area contributed by atoms with Gasteiger partial charge in [0.1, 0.15) is 0 Å². The largest absolute Gasteiger partial charge is 0.300 e. The Hall–Kier alpha value is -1.92. The first-order chi connectivity index (χ1) is 12.7. The summed E-state index contributed by atoms with van der Waals surface area (Å²) < 4.78 is 0. The van der Waals surface area contributed by atoms with Gasteiger partial charge in [-0.15, -0.1) is 0 Å². The van der Waals surface area contributed by atoms with Gasteiger partial charge in [-0.05, 0) is 18.4 Å². The van der Waals surface area contributed by atoms with E-state index in [4.69, 9.17) is 0 Å². The second kappa shape index (κ2) is 9.69. The van der Waals surface area contributed by atoms with E-state index >= 15 is 0 Å². The lowest BCUT2D eigenvalue weighted by atomic mass is 10.1. The van der Waals surface area contributed by atoms with Crippen molar-refractivity contribution in [2.45, 2.75) is 38.6 Å². The number of piperazine rings is 1. The van der Waals surface area contributed by atoms with Gasteiger partial charge in [-0.1, -0.05) is 43.2 Å². The molecule has 1 aliphatic heterocycles. The lowest BCUT2D eigenvalue weighted by Gasteiger charge is -2.34. The fourth-order valence-electron chi connectivity index (χ4n) is 3.76. The van der Waals surface area contributed by atoms with Gasteiger partial charge in [-0.3, -0.25) is 25.3 Å². The van der Waals surface area contributed by atoms with Gasteiger partial charge >= 0.3 is 0 Å². The molecule has 2 aliphatic rings. The van der Waals surface area contributed by atoms with Crippen molar-refractivity contribution < 1.29 is 9.59 Å². The van der Waals surface area contributed by atoms with E-state index in [-0.39, 0.29) is 17.7 Å². The fraction of sp³-hybridized carbons (Fsp3) is 0.600. The van der Waals surface area contributed by atoms with Gasteiger partial charge in [0.2, 0.25) is 11.8 Å². The quantitative estimate of drug-likeness (QED) is 0.757. The van der Waals surface area contributed by atoms with Gasteiger partial charge in [-0.25, -0.2) is 0 Å². The van der Waals surface area contributed by atoms with Crippen LogP contribution in [-0.4, -0.2) is 54.3 Å². The van der Waals surface area contributed by atoms with Crippen molar-refractivity contribution in [2.75, 3.05) is 32.7 Å². The van der Waals surface area contributed by atoms with Crippen molar-refractivity contribution in [2.24, 2.45) is 5.92 Å². The second-order valence-electron chi connectivity index (χ2n) is 7.37. The van der Waals surface area contributed by atoms with Crippen LogP contribution in [0.25, 0.3) is 0 Å². The molecule has 1 aromatic rings. The number of carbonyl (C=O) groups is 2. The van der Waals surface area contributed by atoms with Crippen LogP contribution in [0.2, 0.25) is 0 Å². The molecule has 0 unspecified atom stereocenters. The lowest BCUT2D eigenvalue weighted by molar-refractivity contribution is -0.131.